The molecule has 1 N–H and O–H groups in total. The van der Waals surface area contributed by atoms with Crippen LogP contribution in [0.5, 0.6) is 5.75 Å². The second-order valence-electron chi connectivity index (χ2n) is 5.81. The van der Waals surface area contributed by atoms with Crippen LogP contribution in [-0.4, -0.2) is 18.3 Å². The van der Waals surface area contributed by atoms with Gasteiger partial charge in [0.1, 0.15) is 11.3 Å². The smallest absolute Gasteiger partial charge is 0.345 e. The second-order valence-corrected chi connectivity index (χ2v) is 7.58. The third kappa shape index (κ3) is 3.97. The van der Waals surface area contributed by atoms with Crippen molar-refractivity contribution in [3.05, 3.63) is 74.4 Å². The average molecular weight is 456 g/mol. The first-order valence-corrected chi connectivity index (χ1v) is 9.92. The van der Waals surface area contributed by atoms with Gasteiger partial charge < -0.3 is 9.15 Å². The lowest BCUT2D eigenvalue weighted by Gasteiger charge is -2.00. The Morgan fingerprint density at radius 1 is 1.21 bits per heavy atom. The van der Waals surface area contributed by atoms with Crippen LogP contribution < -0.4 is 15.8 Å². The highest BCUT2D eigenvalue weighted by molar-refractivity contribution is 9.10. The molecule has 0 fully saturated rings. The van der Waals surface area contributed by atoms with Crippen molar-refractivity contribution < 1.29 is 9.15 Å². The van der Waals surface area contributed by atoms with E-state index in [1.807, 2.05) is 36.4 Å². The number of rotatable bonds is 5. The first kappa shape index (κ1) is 18.4. The van der Waals surface area contributed by atoms with E-state index in [4.69, 9.17) is 9.15 Å². The molecule has 4 aromatic rings. The van der Waals surface area contributed by atoms with Gasteiger partial charge in [-0.25, -0.2) is 9.78 Å². The third-order valence-corrected chi connectivity index (χ3v) is 5.20. The van der Waals surface area contributed by atoms with Crippen molar-refractivity contribution in [1.82, 2.24) is 4.98 Å². The Balaban J connectivity index is 1.54. The maximum atomic E-state index is 12.3. The summed E-state index contributed by atoms with van der Waals surface area (Å²) in [4.78, 5) is 16.7. The van der Waals surface area contributed by atoms with Crippen molar-refractivity contribution in [2.75, 3.05) is 12.5 Å². The lowest BCUT2D eigenvalue weighted by Crippen LogP contribution is -2.03. The van der Waals surface area contributed by atoms with Gasteiger partial charge in [-0.1, -0.05) is 15.9 Å². The van der Waals surface area contributed by atoms with Crippen molar-refractivity contribution >= 4 is 49.6 Å². The molecule has 0 amide bonds. The number of hydrogen-bond acceptors (Lipinski definition) is 7. The van der Waals surface area contributed by atoms with Crippen LogP contribution in [0.1, 0.15) is 5.56 Å². The highest BCUT2D eigenvalue weighted by Gasteiger charge is 2.11. The summed E-state index contributed by atoms with van der Waals surface area (Å²) in [5.74, 6) is 0.788. The molecule has 0 spiro atoms. The van der Waals surface area contributed by atoms with Crippen molar-refractivity contribution in [3.63, 3.8) is 0 Å². The van der Waals surface area contributed by atoms with Crippen molar-refractivity contribution in [2.45, 2.75) is 0 Å². The first-order valence-electron chi connectivity index (χ1n) is 8.25. The lowest BCUT2D eigenvalue weighted by molar-refractivity contribution is 0.415. The van der Waals surface area contributed by atoms with E-state index in [1.165, 1.54) is 11.3 Å². The number of methoxy groups -OCH3 is 1. The van der Waals surface area contributed by atoms with Crippen molar-refractivity contribution in [2.24, 2.45) is 5.10 Å². The third-order valence-electron chi connectivity index (χ3n) is 3.96. The minimum atomic E-state index is -0.423. The van der Waals surface area contributed by atoms with E-state index in [9.17, 15) is 4.79 Å². The van der Waals surface area contributed by atoms with Crippen LogP contribution in [0.3, 0.4) is 0 Å². The number of hydrazone groups is 1. The molecular formula is C20H14BrN3O3S. The van der Waals surface area contributed by atoms with Gasteiger partial charge in [-0.3, -0.25) is 5.43 Å². The van der Waals surface area contributed by atoms with Crippen LogP contribution in [0.2, 0.25) is 0 Å². The number of hydrogen-bond donors (Lipinski definition) is 1. The van der Waals surface area contributed by atoms with Gasteiger partial charge in [-0.15, -0.1) is 11.3 Å². The molecule has 0 bridgehead atoms. The highest BCUT2D eigenvalue weighted by atomic mass is 79.9. The Bertz CT molecular complexity index is 1220. The average Bonchev–Trinajstić information content (AvgIpc) is 3.17. The van der Waals surface area contributed by atoms with Gasteiger partial charge in [0.2, 0.25) is 5.13 Å². The summed E-state index contributed by atoms with van der Waals surface area (Å²) < 4.78 is 11.4. The monoisotopic (exact) mass is 455 g/mol. The van der Waals surface area contributed by atoms with E-state index in [0.717, 1.165) is 21.2 Å². The molecule has 140 valence electrons. The number of benzene rings is 2. The molecule has 0 unspecified atom stereocenters. The maximum absolute atomic E-state index is 12.3. The summed E-state index contributed by atoms with van der Waals surface area (Å²) in [6, 6.07) is 14.8. The molecule has 2 aromatic carbocycles. The molecule has 4 rings (SSSR count). The van der Waals surface area contributed by atoms with Gasteiger partial charge in [0.25, 0.3) is 0 Å². The predicted molar refractivity (Wildman–Crippen MR) is 116 cm³/mol. The van der Waals surface area contributed by atoms with E-state index < -0.39 is 5.63 Å². The summed E-state index contributed by atoms with van der Waals surface area (Å²) in [7, 11) is 1.62. The molecule has 0 saturated carbocycles. The van der Waals surface area contributed by atoms with Gasteiger partial charge in [-0.05, 0) is 54.1 Å². The Morgan fingerprint density at radius 2 is 2.04 bits per heavy atom. The Kier molecular flexibility index (Phi) is 5.23. The minimum absolute atomic E-state index is 0.411. The van der Waals surface area contributed by atoms with E-state index in [2.05, 4.69) is 31.4 Å². The topological polar surface area (TPSA) is 76.7 Å². The van der Waals surface area contributed by atoms with Gasteiger partial charge in [0, 0.05) is 15.2 Å². The van der Waals surface area contributed by atoms with E-state index in [0.29, 0.717) is 22.0 Å². The molecule has 0 aliphatic carbocycles. The number of halogens is 1. The molecule has 2 aromatic heterocycles. The number of ether oxygens (including phenoxy) is 1. The van der Waals surface area contributed by atoms with Gasteiger partial charge in [-0.2, -0.15) is 5.10 Å². The number of fused-ring (bicyclic) bond motifs is 1. The largest absolute Gasteiger partial charge is 0.497 e. The summed E-state index contributed by atoms with van der Waals surface area (Å²) >= 11 is 4.78. The van der Waals surface area contributed by atoms with E-state index in [1.54, 1.807) is 30.8 Å². The Hall–Kier alpha value is -2.97. The number of nitrogens with one attached hydrogen (secondary N) is 1. The van der Waals surface area contributed by atoms with Crippen molar-refractivity contribution in [1.29, 1.82) is 0 Å². The van der Waals surface area contributed by atoms with Gasteiger partial charge in [0.05, 0.1) is 24.6 Å². The number of aromatic nitrogens is 1. The molecule has 8 heteroatoms. The van der Waals surface area contributed by atoms with E-state index in [-0.39, 0.29) is 0 Å². The Labute approximate surface area is 172 Å². The fourth-order valence-electron chi connectivity index (χ4n) is 2.57. The molecule has 6 nitrogen and oxygen atoms in total. The first-order chi connectivity index (χ1) is 13.6. The predicted octanol–water partition coefficient (Wildman–Crippen LogP) is 5.13. The fraction of sp³-hybridized carbons (Fsp3) is 0.0500. The normalized spacial score (nSPS) is 11.2. The van der Waals surface area contributed by atoms with Crippen LogP contribution >= 0.6 is 27.3 Å². The molecule has 0 atom stereocenters. The van der Waals surface area contributed by atoms with Crippen LogP contribution in [0, 0.1) is 0 Å². The van der Waals surface area contributed by atoms with Gasteiger partial charge >= 0.3 is 5.63 Å². The zero-order valence-electron chi connectivity index (χ0n) is 14.7. The zero-order chi connectivity index (χ0) is 19.5. The van der Waals surface area contributed by atoms with Crippen LogP contribution in [-0.2, 0) is 0 Å². The van der Waals surface area contributed by atoms with Crippen LogP contribution in [0.4, 0.5) is 5.13 Å². The molecular weight excluding hydrogens is 442 g/mol. The molecule has 0 radical (unpaired) electrons. The molecule has 0 aliphatic heterocycles. The summed E-state index contributed by atoms with van der Waals surface area (Å²) in [6.07, 6.45) is 1.68. The molecule has 0 saturated heterocycles. The van der Waals surface area contributed by atoms with Crippen molar-refractivity contribution in [3.8, 4) is 17.0 Å². The summed E-state index contributed by atoms with van der Waals surface area (Å²) in [5, 5.41) is 7.38. The Morgan fingerprint density at radius 3 is 2.82 bits per heavy atom. The summed E-state index contributed by atoms with van der Waals surface area (Å²) in [5.41, 5.74) is 4.87. The zero-order valence-corrected chi connectivity index (χ0v) is 17.1. The minimum Gasteiger partial charge on any atom is -0.497 e. The van der Waals surface area contributed by atoms with Crippen LogP contribution in [0.15, 0.2) is 72.7 Å². The molecule has 28 heavy (non-hydrogen) atoms. The second kappa shape index (κ2) is 7.95. The molecule has 2 heterocycles. The number of anilines is 1. The molecule has 0 aliphatic rings. The number of nitrogens with zero attached hydrogens (tertiary/aromatic N) is 2. The highest BCUT2D eigenvalue weighted by Crippen LogP contribution is 2.26. The fourth-order valence-corrected chi connectivity index (χ4v) is 3.61. The van der Waals surface area contributed by atoms with Gasteiger partial charge in [0.15, 0.2) is 0 Å². The van der Waals surface area contributed by atoms with Crippen LogP contribution in [0.25, 0.3) is 22.2 Å². The maximum Gasteiger partial charge on any atom is 0.345 e. The quantitative estimate of drug-likeness (QED) is 0.256. The lowest BCUT2D eigenvalue weighted by atomic mass is 10.1. The SMILES string of the molecule is COc1ccc(/C=N\Nc2nc(-c3cc4cc(Br)ccc4oc3=O)cs2)cc1. The van der Waals surface area contributed by atoms with E-state index >= 15 is 0 Å². The summed E-state index contributed by atoms with van der Waals surface area (Å²) in [6.45, 7) is 0. The standard InChI is InChI=1S/C20H14BrN3O3S/c1-26-15-5-2-12(3-6-15)10-22-24-20-23-17(11-28-20)16-9-13-8-14(21)4-7-18(13)27-19(16)25/h2-11H,1H3,(H,23,24)/b22-10-. The number of thiazole rings is 1.